The lowest BCUT2D eigenvalue weighted by Crippen LogP contribution is -2.22. The first-order valence-electron chi connectivity index (χ1n) is 6.11. The Balaban J connectivity index is 2.67. The molecule has 0 unspecified atom stereocenters. The van der Waals surface area contributed by atoms with E-state index >= 15 is 0 Å². The Hall–Kier alpha value is -0.970. The van der Waals surface area contributed by atoms with Gasteiger partial charge in [0.1, 0.15) is 6.61 Å². The Labute approximate surface area is 119 Å². The molecule has 0 atom stereocenters. The molecule has 0 radical (unpaired) electrons. The molecule has 0 aliphatic rings. The number of methoxy groups -OCH3 is 1. The fourth-order valence-corrected chi connectivity index (χ4v) is 1.78. The molecule has 19 heavy (non-hydrogen) atoms. The molecule has 1 aromatic rings. The lowest BCUT2D eigenvalue weighted by molar-refractivity contribution is -0.0165. The molecule has 0 fully saturated rings. The first-order chi connectivity index (χ1) is 8.87. The molecule has 5 heteroatoms. The zero-order valence-electron chi connectivity index (χ0n) is 11.8. The number of aliphatic hydroxyl groups is 1. The van der Waals surface area contributed by atoms with Crippen molar-refractivity contribution >= 4 is 11.6 Å². The third-order valence-corrected chi connectivity index (χ3v) is 2.62. The van der Waals surface area contributed by atoms with E-state index in [0.717, 1.165) is 0 Å². The summed E-state index contributed by atoms with van der Waals surface area (Å²) >= 11 is 6.10. The third kappa shape index (κ3) is 5.27. The second-order valence-corrected chi connectivity index (χ2v) is 5.48. The number of benzene rings is 1. The summed E-state index contributed by atoms with van der Waals surface area (Å²) in [6, 6.07) is 3.36. The summed E-state index contributed by atoms with van der Waals surface area (Å²) in [5.41, 5.74) is 0.484. The van der Waals surface area contributed by atoms with Gasteiger partial charge >= 0.3 is 0 Å². The summed E-state index contributed by atoms with van der Waals surface area (Å²) < 4.78 is 16.4. The van der Waals surface area contributed by atoms with Crippen LogP contribution in [0.4, 0.5) is 0 Å². The summed E-state index contributed by atoms with van der Waals surface area (Å²) in [6.45, 7) is 6.70. The van der Waals surface area contributed by atoms with Gasteiger partial charge in [0.2, 0.25) is 0 Å². The Bertz CT molecular complexity index is 413. The summed E-state index contributed by atoms with van der Waals surface area (Å²) in [7, 11) is 1.53. The van der Waals surface area contributed by atoms with Gasteiger partial charge in [-0.05, 0) is 38.5 Å². The molecule has 0 spiro atoms. The monoisotopic (exact) mass is 288 g/mol. The molecule has 108 valence electrons. The highest BCUT2D eigenvalue weighted by Crippen LogP contribution is 2.36. The van der Waals surface area contributed by atoms with Crippen LogP contribution in [0.1, 0.15) is 26.3 Å². The van der Waals surface area contributed by atoms with Gasteiger partial charge in [0, 0.05) is 0 Å². The number of halogens is 1. The SMILES string of the molecule is COc1cc(CO)cc(Cl)c1OCCOC(C)(C)C. The van der Waals surface area contributed by atoms with Crippen LogP contribution in [0.15, 0.2) is 12.1 Å². The van der Waals surface area contributed by atoms with Gasteiger partial charge in [-0.15, -0.1) is 0 Å². The summed E-state index contributed by atoms with van der Waals surface area (Å²) in [6.07, 6.45) is 0. The zero-order valence-corrected chi connectivity index (χ0v) is 12.6. The minimum absolute atomic E-state index is 0.0938. The van der Waals surface area contributed by atoms with Crippen LogP contribution < -0.4 is 9.47 Å². The van der Waals surface area contributed by atoms with Crippen LogP contribution in [-0.4, -0.2) is 31.0 Å². The first kappa shape index (κ1) is 16.1. The van der Waals surface area contributed by atoms with Crippen LogP contribution in [0.5, 0.6) is 11.5 Å². The topological polar surface area (TPSA) is 47.9 Å². The average molecular weight is 289 g/mol. The lowest BCUT2D eigenvalue weighted by atomic mass is 10.2. The molecule has 1 aromatic carbocycles. The van der Waals surface area contributed by atoms with E-state index in [1.807, 2.05) is 20.8 Å². The standard InChI is InChI=1S/C14H21ClO4/c1-14(2,3)19-6-5-18-13-11(15)7-10(9-16)8-12(13)17-4/h7-8,16H,5-6,9H2,1-4H3. The quantitative estimate of drug-likeness (QED) is 0.818. The number of hydrogen-bond donors (Lipinski definition) is 1. The fourth-order valence-electron chi connectivity index (χ4n) is 1.50. The Morgan fingerprint density at radius 3 is 2.42 bits per heavy atom. The minimum Gasteiger partial charge on any atom is -0.493 e. The number of rotatable bonds is 6. The molecule has 0 aromatic heterocycles. The van der Waals surface area contributed by atoms with Crippen molar-refractivity contribution < 1.29 is 19.3 Å². The molecule has 0 amide bonds. The average Bonchev–Trinajstić information content (AvgIpc) is 2.34. The number of hydrogen-bond acceptors (Lipinski definition) is 4. The molecule has 1 N–H and O–H groups in total. The van der Waals surface area contributed by atoms with E-state index in [4.69, 9.17) is 30.9 Å². The van der Waals surface area contributed by atoms with Gasteiger partial charge in [-0.2, -0.15) is 0 Å². The molecule has 0 aliphatic carbocycles. The van der Waals surface area contributed by atoms with Gasteiger partial charge in [-0.3, -0.25) is 0 Å². The van der Waals surface area contributed by atoms with Crippen LogP contribution in [0.3, 0.4) is 0 Å². The van der Waals surface area contributed by atoms with Crippen LogP contribution in [0.2, 0.25) is 5.02 Å². The van der Waals surface area contributed by atoms with Crippen molar-refractivity contribution in [1.29, 1.82) is 0 Å². The van der Waals surface area contributed by atoms with Gasteiger partial charge in [0.25, 0.3) is 0 Å². The van der Waals surface area contributed by atoms with E-state index in [1.54, 1.807) is 12.1 Å². The fraction of sp³-hybridized carbons (Fsp3) is 0.571. The normalized spacial score (nSPS) is 11.5. The van der Waals surface area contributed by atoms with Crippen LogP contribution in [0.25, 0.3) is 0 Å². The van der Waals surface area contributed by atoms with E-state index in [9.17, 15) is 0 Å². The maximum absolute atomic E-state index is 9.10. The largest absolute Gasteiger partial charge is 0.493 e. The van der Waals surface area contributed by atoms with Crippen LogP contribution in [0, 0.1) is 0 Å². The molecule has 0 saturated heterocycles. The smallest absolute Gasteiger partial charge is 0.179 e. The van der Waals surface area contributed by atoms with Gasteiger partial charge in [-0.25, -0.2) is 0 Å². The minimum atomic E-state index is -0.196. The molecule has 4 nitrogen and oxygen atoms in total. The lowest BCUT2D eigenvalue weighted by Gasteiger charge is -2.20. The van der Waals surface area contributed by atoms with Crippen molar-refractivity contribution in [2.45, 2.75) is 33.0 Å². The Morgan fingerprint density at radius 1 is 1.21 bits per heavy atom. The van der Waals surface area contributed by atoms with E-state index in [2.05, 4.69) is 0 Å². The third-order valence-electron chi connectivity index (χ3n) is 2.34. The van der Waals surface area contributed by atoms with Gasteiger partial charge in [0.15, 0.2) is 11.5 Å². The molecular weight excluding hydrogens is 268 g/mol. The molecule has 1 rings (SSSR count). The van der Waals surface area contributed by atoms with Crippen molar-refractivity contribution in [1.82, 2.24) is 0 Å². The van der Waals surface area contributed by atoms with E-state index < -0.39 is 0 Å². The van der Waals surface area contributed by atoms with Crippen LogP contribution >= 0.6 is 11.6 Å². The molecule has 0 aliphatic heterocycles. The Morgan fingerprint density at radius 2 is 1.89 bits per heavy atom. The van der Waals surface area contributed by atoms with Gasteiger partial charge < -0.3 is 19.3 Å². The Kier molecular flexibility index (Phi) is 5.91. The van der Waals surface area contributed by atoms with E-state index in [1.165, 1.54) is 7.11 Å². The maximum atomic E-state index is 9.10. The first-order valence-corrected chi connectivity index (χ1v) is 6.49. The van der Waals surface area contributed by atoms with Crippen molar-refractivity contribution in [3.8, 4) is 11.5 Å². The summed E-state index contributed by atoms with van der Waals surface area (Å²) in [4.78, 5) is 0. The predicted octanol–water partition coefficient (Wildman–Crippen LogP) is 3.03. The molecule has 0 heterocycles. The number of ether oxygens (including phenoxy) is 3. The van der Waals surface area contributed by atoms with Gasteiger partial charge in [-0.1, -0.05) is 11.6 Å². The zero-order chi connectivity index (χ0) is 14.5. The summed E-state index contributed by atoms with van der Waals surface area (Å²) in [5.74, 6) is 0.978. The van der Waals surface area contributed by atoms with Crippen molar-refractivity contribution in [2.24, 2.45) is 0 Å². The van der Waals surface area contributed by atoms with Crippen LogP contribution in [-0.2, 0) is 11.3 Å². The summed E-state index contributed by atoms with van der Waals surface area (Å²) in [5, 5.41) is 9.52. The number of aliphatic hydroxyl groups excluding tert-OH is 1. The highest BCUT2D eigenvalue weighted by molar-refractivity contribution is 6.32. The van der Waals surface area contributed by atoms with E-state index in [-0.39, 0.29) is 12.2 Å². The second-order valence-electron chi connectivity index (χ2n) is 5.08. The van der Waals surface area contributed by atoms with Crippen molar-refractivity contribution in [3.05, 3.63) is 22.7 Å². The molecule has 0 bridgehead atoms. The predicted molar refractivity (Wildman–Crippen MR) is 75.1 cm³/mol. The highest BCUT2D eigenvalue weighted by Gasteiger charge is 2.13. The van der Waals surface area contributed by atoms with Crippen molar-refractivity contribution in [3.63, 3.8) is 0 Å². The highest BCUT2D eigenvalue weighted by atomic mass is 35.5. The molecular formula is C14H21ClO4. The maximum Gasteiger partial charge on any atom is 0.179 e. The molecule has 0 saturated carbocycles. The second kappa shape index (κ2) is 6.98. The van der Waals surface area contributed by atoms with E-state index in [0.29, 0.717) is 35.3 Å². The van der Waals surface area contributed by atoms with Gasteiger partial charge in [0.05, 0.1) is 30.9 Å². The van der Waals surface area contributed by atoms with Crippen molar-refractivity contribution in [2.75, 3.05) is 20.3 Å².